The summed E-state index contributed by atoms with van der Waals surface area (Å²) in [5.74, 6) is 0.164. The van der Waals surface area contributed by atoms with Crippen molar-refractivity contribution in [1.82, 2.24) is 4.98 Å². The normalized spacial score (nSPS) is 10.2. The third kappa shape index (κ3) is 4.58. The molecule has 17 heavy (non-hydrogen) atoms. The van der Waals surface area contributed by atoms with Gasteiger partial charge in [-0.25, -0.2) is 0 Å². The van der Waals surface area contributed by atoms with Crippen molar-refractivity contribution >= 4 is 23.1 Å². The highest BCUT2D eigenvalue weighted by molar-refractivity contribution is 6.33. The Hall–Kier alpha value is -1.33. The Morgan fingerprint density at radius 1 is 1.59 bits per heavy atom. The lowest BCUT2D eigenvalue weighted by molar-refractivity contribution is 0.205. The average Bonchev–Trinajstić information content (AvgIpc) is 2.30. The quantitative estimate of drug-likeness (QED) is 0.573. The molecule has 6 heteroatoms. The molecule has 0 bridgehead atoms. The Kier molecular flexibility index (Phi) is 5.72. The molecule has 1 rings (SSSR count). The predicted molar refractivity (Wildman–Crippen MR) is 69.9 cm³/mol. The summed E-state index contributed by atoms with van der Waals surface area (Å²) < 4.78 is 5.06. The molecule has 0 unspecified atom stereocenters. The van der Waals surface area contributed by atoms with E-state index in [1.54, 1.807) is 19.5 Å². The van der Waals surface area contributed by atoms with E-state index in [1.807, 2.05) is 11.0 Å². The summed E-state index contributed by atoms with van der Waals surface area (Å²) in [7, 11) is 1.65. The van der Waals surface area contributed by atoms with E-state index in [0.29, 0.717) is 31.1 Å². The van der Waals surface area contributed by atoms with Gasteiger partial charge in [-0.3, -0.25) is 10.4 Å². The van der Waals surface area contributed by atoms with E-state index in [2.05, 4.69) is 4.98 Å². The molecular weight excluding hydrogens is 240 g/mol. The summed E-state index contributed by atoms with van der Waals surface area (Å²) in [6.45, 7) is 1.94. The van der Waals surface area contributed by atoms with Crippen LogP contribution in [0.25, 0.3) is 0 Å². The second-order valence-corrected chi connectivity index (χ2v) is 3.99. The van der Waals surface area contributed by atoms with Gasteiger partial charge in [0.2, 0.25) is 0 Å². The van der Waals surface area contributed by atoms with Gasteiger partial charge in [0.1, 0.15) is 0 Å². The summed E-state index contributed by atoms with van der Waals surface area (Å²) in [5, 5.41) is 7.85. The molecule has 5 nitrogen and oxygen atoms in total. The van der Waals surface area contributed by atoms with Crippen LogP contribution in [0.15, 0.2) is 18.5 Å². The third-order valence-corrected chi connectivity index (χ3v) is 2.60. The van der Waals surface area contributed by atoms with Crippen molar-refractivity contribution in [2.75, 3.05) is 31.7 Å². The largest absolute Gasteiger partial charge is 0.388 e. The molecule has 0 aliphatic carbocycles. The van der Waals surface area contributed by atoms with Gasteiger partial charge >= 0.3 is 0 Å². The minimum atomic E-state index is 0.164. The van der Waals surface area contributed by atoms with Crippen molar-refractivity contribution in [2.45, 2.75) is 6.42 Å². The zero-order valence-electron chi connectivity index (χ0n) is 9.82. The number of anilines is 1. The van der Waals surface area contributed by atoms with Gasteiger partial charge in [0, 0.05) is 39.0 Å². The van der Waals surface area contributed by atoms with Crippen LogP contribution in [0.4, 0.5) is 5.69 Å². The molecule has 0 aromatic carbocycles. The minimum Gasteiger partial charge on any atom is -0.388 e. The number of nitrogens with zero attached hydrogens (tertiary/aromatic N) is 2. The van der Waals surface area contributed by atoms with Gasteiger partial charge in [0.15, 0.2) is 0 Å². The minimum absolute atomic E-state index is 0.164. The molecule has 1 heterocycles. The van der Waals surface area contributed by atoms with E-state index >= 15 is 0 Å². The molecule has 0 spiro atoms. The molecule has 0 radical (unpaired) electrons. The highest BCUT2D eigenvalue weighted by Crippen LogP contribution is 2.23. The Labute approximate surface area is 106 Å². The number of amidine groups is 1. The summed E-state index contributed by atoms with van der Waals surface area (Å²) >= 11 is 6.08. The van der Waals surface area contributed by atoms with Gasteiger partial charge in [-0.15, -0.1) is 0 Å². The first-order chi connectivity index (χ1) is 8.15. The Morgan fingerprint density at radius 2 is 2.35 bits per heavy atom. The van der Waals surface area contributed by atoms with Crippen molar-refractivity contribution < 1.29 is 4.74 Å². The van der Waals surface area contributed by atoms with Crippen LogP contribution in [0, 0.1) is 5.41 Å². The molecule has 1 aromatic heterocycles. The topological polar surface area (TPSA) is 75.2 Å². The molecule has 0 saturated carbocycles. The third-order valence-electron chi connectivity index (χ3n) is 2.31. The molecule has 3 N–H and O–H groups in total. The maximum Gasteiger partial charge on any atom is 0.0923 e. The van der Waals surface area contributed by atoms with E-state index < -0.39 is 0 Å². The fourth-order valence-corrected chi connectivity index (χ4v) is 1.67. The highest BCUT2D eigenvalue weighted by Gasteiger charge is 2.10. The van der Waals surface area contributed by atoms with Gasteiger partial charge in [0.05, 0.1) is 23.2 Å². The lowest BCUT2D eigenvalue weighted by Crippen LogP contribution is -2.31. The number of ether oxygens (including phenoxy) is 1. The average molecular weight is 257 g/mol. The Bertz CT molecular complexity index is 372. The molecule has 0 aliphatic heterocycles. The van der Waals surface area contributed by atoms with Crippen molar-refractivity contribution in [2.24, 2.45) is 5.73 Å². The molecule has 0 aliphatic rings. The summed E-state index contributed by atoms with van der Waals surface area (Å²) in [4.78, 5) is 5.98. The van der Waals surface area contributed by atoms with Crippen molar-refractivity contribution in [3.63, 3.8) is 0 Å². The molecule has 1 aromatic rings. The van der Waals surface area contributed by atoms with Crippen LogP contribution in [0.5, 0.6) is 0 Å². The fraction of sp³-hybridized carbons (Fsp3) is 0.455. The second kappa shape index (κ2) is 7.09. The number of aromatic nitrogens is 1. The highest BCUT2D eigenvalue weighted by atomic mass is 35.5. The number of nitrogens with one attached hydrogen (secondary N) is 1. The lowest BCUT2D eigenvalue weighted by atomic mass is 10.3. The number of halogens is 1. The summed E-state index contributed by atoms with van der Waals surface area (Å²) in [6, 6.07) is 1.85. The van der Waals surface area contributed by atoms with E-state index in [-0.39, 0.29) is 5.84 Å². The molecular formula is C11H17ClN4O. The zero-order valence-corrected chi connectivity index (χ0v) is 10.6. The number of methoxy groups -OCH3 is 1. The number of nitrogens with two attached hydrogens (primary N) is 1. The predicted octanol–water partition coefficient (Wildman–Crippen LogP) is 1.51. The van der Waals surface area contributed by atoms with Gasteiger partial charge in [0.25, 0.3) is 0 Å². The fourth-order valence-electron chi connectivity index (χ4n) is 1.43. The number of hydrogen-bond donors (Lipinski definition) is 2. The molecule has 94 valence electrons. The van der Waals surface area contributed by atoms with Crippen LogP contribution in [0.3, 0.4) is 0 Å². The van der Waals surface area contributed by atoms with E-state index in [1.165, 1.54) is 0 Å². The Morgan fingerprint density at radius 3 is 2.94 bits per heavy atom. The summed E-state index contributed by atoms with van der Waals surface area (Å²) in [5.41, 5.74) is 6.25. The van der Waals surface area contributed by atoms with Crippen LogP contribution in [-0.4, -0.2) is 37.6 Å². The van der Waals surface area contributed by atoms with Crippen LogP contribution >= 0.6 is 11.6 Å². The van der Waals surface area contributed by atoms with Gasteiger partial charge in [-0.2, -0.15) is 0 Å². The first kappa shape index (κ1) is 13.7. The van der Waals surface area contributed by atoms with E-state index in [9.17, 15) is 0 Å². The molecule has 0 amide bonds. The van der Waals surface area contributed by atoms with E-state index in [0.717, 1.165) is 5.69 Å². The maximum absolute atomic E-state index is 7.26. The SMILES string of the molecule is COCCN(CCC(=N)N)c1ccncc1Cl. The van der Waals surface area contributed by atoms with Crippen molar-refractivity contribution in [1.29, 1.82) is 5.41 Å². The van der Waals surface area contributed by atoms with Gasteiger partial charge < -0.3 is 15.4 Å². The first-order valence-electron chi connectivity index (χ1n) is 5.31. The summed E-state index contributed by atoms with van der Waals surface area (Å²) in [6.07, 6.45) is 3.79. The van der Waals surface area contributed by atoms with Gasteiger partial charge in [-0.05, 0) is 6.07 Å². The molecule has 0 fully saturated rings. The first-order valence-corrected chi connectivity index (χ1v) is 5.69. The standard InChI is InChI=1S/C11H17ClN4O/c1-17-7-6-16(5-3-11(13)14)10-2-4-15-8-9(10)12/h2,4,8H,3,5-7H2,1H3,(H3,13,14). The van der Waals surface area contributed by atoms with Crippen LogP contribution in [0.1, 0.15) is 6.42 Å². The van der Waals surface area contributed by atoms with Crippen LogP contribution < -0.4 is 10.6 Å². The Balaban J connectivity index is 2.74. The monoisotopic (exact) mass is 256 g/mol. The molecule has 0 saturated heterocycles. The van der Waals surface area contributed by atoms with Gasteiger partial charge in [-0.1, -0.05) is 11.6 Å². The van der Waals surface area contributed by atoms with Crippen molar-refractivity contribution in [3.8, 4) is 0 Å². The molecule has 0 atom stereocenters. The van der Waals surface area contributed by atoms with E-state index in [4.69, 9.17) is 27.5 Å². The number of rotatable bonds is 7. The maximum atomic E-state index is 7.26. The number of hydrogen-bond acceptors (Lipinski definition) is 4. The number of pyridine rings is 1. The van der Waals surface area contributed by atoms with Crippen LogP contribution in [-0.2, 0) is 4.74 Å². The van der Waals surface area contributed by atoms with Crippen LogP contribution in [0.2, 0.25) is 5.02 Å². The van der Waals surface area contributed by atoms with Crippen molar-refractivity contribution in [3.05, 3.63) is 23.5 Å². The second-order valence-electron chi connectivity index (χ2n) is 3.58. The zero-order chi connectivity index (χ0) is 12.7. The lowest BCUT2D eigenvalue weighted by Gasteiger charge is -2.25. The smallest absolute Gasteiger partial charge is 0.0923 e.